The molecule has 1 fully saturated rings. The van der Waals surface area contributed by atoms with E-state index in [1.54, 1.807) is 7.11 Å². The summed E-state index contributed by atoms with van der Waals surface area (Å²) in [5.74, 6) is 0. The van der Waals surface area contributed by atoms with Gasteiger partial charge in [0.2, 0.25) is 0 Å². The second-order valence-corrected chi connectivity index (χ2v) is 14.3. The monoisotopic (exact) mass is 492 g/mol. The van der Waals surface area contributed by atoms with Crippen molar-refractivity contribution in [3.63, 3.8) is 0 Å². The van der Waals surface area contributed by atoms with Crippen molar-refractivity contribution in [2.75, 3.05) is 13.7 Å². The van der Waals surface area contributed by atoms with Gasteiger partial charge < -0.3 is 23.7 Å². The van der Waals surface area contributed by atoms with Gasteiger partial charge in [0.25, 0.3) is 8.32 Å². The van der Waals surface area contributed by atoms with E-state index in [0.29, 0.717) is 6.61 Å². The number of aliphatic hydroxyl groups excluding tert-OH is 1. The zero-order valence-corrected chi connectivity index (χ0v) is 22.0. The molecule has 4 atom stereocenters. The average molecular weight is 493 g/mol. The smallest absolute Gasteiger partial charge is 0.261 e. The van der Waals surface area contributed by atoms with Crippen LogP contribution in [0.25, 0.3) is 0 Å². The molecule has 0 aliphatic carbocycles. The molecule has 0 spiro atoms. The lowest BCUT2D eigenvalue weighted by molar-refractivity contribution is -0.167. The maximum absolute atomic E-state index is 11.2. The van der Waals surface area contributed by atoms with Gasteiger partial charge in [-0.1, -0.05) is 112 Å². The first-order valence-electron chi connectivity index (χ1n) is 12.1. The molecule has 0 bridgehead atoms. The summed E-state index contributed by atoms with van der Waals surface area (Å²) in [5, 5.41) is 13.4. The molecule has 0 radical (unpaired) electrons. The predicted octanol–water partition coefficient (Wildman–Crippen LogP) is 3.88. The normalized spacial score (nSPS) is 22.9. The van der Waals surface area contributed by atoms with E-state index >= 15 is 0 Å². The number of benzene rings is 3. The molecule has 0 saturated carbocycles. The highest BCUT2D eigenvalue weighted by Gasteiger charge is 2.52. The first-order valence-corrected chi connectivity index (χ1v) is 14.0. The van der Waals surface area contributed by atoms with E-state index in [1.807, 2.05) is 42.5 Å². The zero-order valence-electron chi connectivity index (χ0n) is 21.0. The van der Waals surface area contributed by atoms with Crippen molar-refractivity contribution in [1.29, 1.82) is 0 Å². The van der Waals surface area contributed by atoms with Crippen LogP contribution in [0, 0.1) is 0 Å². The summed E-state index contributed by atoms with van der Waals surface area (Å²) in [6, 6.07) is 30.8. The van der Waals surface area contributed by atoms with E-state index in [0.717, 1.165) is 5.56 Å². The number of hydrogen-bond acceptors (Lipinski definition) is 5. The largest absolute Gasteiger partial charge is 0.405 e. The standard InChI is InChI=1S/C29H36O5Si/c1-29(2,3)35(23-16-10-6-11-17-23,24-18-12-7-13-19-24)33-21-25-26(30)27(28(31-4)34-25)32-20-22-14-8-5-9-15-22/h5-19,25-28,30H,20-21H2,1-4H3/t25-,26-,27+,28+/m1/s1. The number of methoxy groups -OCH3 is 1. The summed E-state index contributed by atoms with van der Waals surface area (Å²) in [6.45, 7) is 7.30. The Labute approximate surface area is 209 Å². The van der Waals surface area contributed by atoms with Crippen molar-refractivity contribution in [1.82, 2.24) is 0 Å². The van der Waals surface area contributed by atoms with Crippen molar-refractivity contribution in [2.45, 2.75) is 57.0 Å². The van der Waals surface area contributed by atoms with Gasteiger partial charge in [0.15, 0.2) is 6.29 Å². The molecule has 5 nitrogen and oxygen atoms in total. The first-order chi connectivity index (χ1) is 16.9. The van der Waals surface area contributed by atoms with Crippen LogP contribution in [0.2, 0.25) is 5.04 Å². The summed E-state index contributed by atoms with van der Waals surface area (Å²) < 4.78 is 24.7. The Morgan fingerprint density at radius 2 is 1.34 bits per heavy atom. The van der Waals surface area contributed by atoms with E-state index < -0.39 is 32.9 Å². The van der Waals surface area contributed by atoms with Crippen LogP contribution in [0.5, 0.6) is 0 Å². The molecular weight excluding hydrogens is 456 g/mol. The Kier molecular flexibility index (Phi) is 8.22. The minimum absolute atomic E-state index is 0.164. The number of aliphatic hydroxyl groups is 1. The van der Waals surface area contributed by atoms with Crippen LogP contribution in [-0.2, 0) is 25.2 Å². The highest BCUT2D eigenvalue weighted by Crippen LogP contribution is 2.37. The molecule has 35 heavy (non-hydrogen) atoms. The molecule has 1 aliphatic rings. The van der Waals surface area contributed by atoms with E-state index in [9.17, 15) is 5.11 Å². The molecule has 1 aliphatic heterocycles. The topological polar surface area (TPSA) is 57.2 Å². The molecule has 186 valence electrons. The van der Waals surface area contributed by atoms with Gasteiger partial charge >= 0.3 is 0 Å². The second-order valence-electron chi connectivity index (χ2n) is 10.0. The molecule has 4 rings (SSSR count). The molecule has 1 saturated heterocycles. The van der Waals surface area contributed by atoms with Crippen LogP contribution < -0.4 is 10.4 Å². The third kappa shape index (κ3) is 5.43. The lowest BCUT2D eigenvalue weighted by Gasteiger charge is -2.43. The van der Waals surface area contributed by atoms with Gasteiger partial charge in [-0.2, -0.15) is 0 Å². The van der Waals surface area contributed by atoms with Crippen LogP contribution in [0.1, 0.15) is 26.3 Å². The van der Waals surface area contributed by atoms with Crippen LogP contribution in [0.3, 0.4) is 0 Å². The summed E-state index contributed by atoms with van der Waals surface area (Å²) >= 11 is 0. The number of ether oxygens (including phenoxy) is 3. The van der Waals surface area contributed by atoms with Gasteiger partial charge in [0.05, 0.1) is 13.2 Å². The van der Waals surface area contributed by atoms with Gasteiger partial charge in [-0.3, -0.25) is 0 Å². The lowest BCUT2D eigenvalue weighted by Crippen LogP contribution is -2.67. The van der Waals surface area contributed by atoms with Gasteiger partial charge in [0.1, 0.15) is 18.3 Å². The highest BCUT2D eigenvalue weighted by atomic mass is 28.4. The third-order valence-corrected chi connectivity index (χ3v) is 11.7. The SMILES string of the molecule is CO[C@H]1O[C@H](CO[Si](c2ccccc2)(c2ccccc2)C(C)(C)C)[C@@H](O)[C@@H]1OCc1ccccc1. The fourth-order valence-corrected chi connectivity index (χ4v) is 9.51. The Balaban J connectivity index is 1.58. The zero-order chi connectivity index (χ0) is 24.9. The average Bonchev–Trinajstić information content (AvgIpc) is 3.18. The Morgan fingerprint density at radius 1 is 0.829 bits per heavy atom. The first kappa shape index (κ1) is 25.8. The summed E-state index contributed by atoms with van der Waals surface area (Å²) in [7, 11) is -1.17. The molecule has 6 heteroatoms. The quantitative estimate of drug-likeness (QED) is 0.460. The maximum atomic E-state index is 11.2. The fraction of sp³-hybridized carbons (Fsp3) is 0.379. The van der Waals surface area contributed by atoms with Gasteiger partial charge in [-0.05, 0) is 21.0 Å². The van der Waals surface area contributed by atoms with E-state index in [2.05, 4.69) is 69.3 Å². The summed E-state index contributed by atoms with van der Waals surface area (Å²) in [4.78, 5) is 0. The highest BCUT2D eigenvalue weighted by molar-refractivity contribution is 6.99. The molecule has 3 aromatic rings. The predicted molar refractivity (Wildman–Crippen MR) is 140 cm³/mol. The summed E-state index contributed by atoms with van der Waals surface area (Å²) in [6.07, 6.45) is -2.71. The van der Waals surface area contributed by atoms with E-state index in [4.69, 9.17) is 18.6 Å². The van der Waals surface area contributed by atoms with Crippen molar-refractivity contribution in [3.05, 3.63) is 96.6 Å². The van der Waals surface area contributed by atoms with Crippen molar-refractivity contribution >= 4 is 18.7 Å². The number of hydrogen-bond donors (Lipinski definition) is 1. The summed E-state index contributed by atoms with van der Waals surface area (Å²) in [5.41, 5.74) is 1.03. The van der Waals surface area contributed by atoms with Crippen molar-refractivity contribution < 1.29 is 23.7 Å². The molecule has 0 amide bonds. The van der Waals surface area contributed by atoms with Crippen molar-refractivity contribution in [2.24, 2.45) is 0 Å². The molecule has 1 N–H and O–H groups in total. The Hall–Kier alpha value is -2.32. The lowest BCUT2D eigenvalue weighted by atomic mass is 10.1. The molecule has 3 aromatic carbocycles. The minimum Gasteiger partial charge on any atom is -0.405 e. The van der Waals surface area contributed by atoms with Crippen LogP contribution in [-0.4, -0.2) is 51.7 Å². The van der Waals surface area contributed by atoms with Crippen molar-refractivity contribution in [3.8, 4) is 0 Å². The van der Waals surface area contributed by atoms with E-state index in [-0.39, 0.29) is 11.6 Å². The Bertz CT molecular complexity index is 999. The van der Waals surface area contributed by atoms with Crippen LogP contribution in [0.4, 0.5) is 0 Å². The van der Waals surface area contributed by atoms with E-state index in [1.165, 1.54) is 10.4 Å². The molecular formula is C29H36O5Si. The number of rotatable bonds is 9. The Morgan fingerprint density at radius 3 is 1.83 bits per heavy atom. The molecule has 0 unspecified atom stereocenters. The van der Waals surface area contributed by atoms with Gasteiger partial charge in [0, 0.05) is 7.11 Å². The minimum atomic E-state index is -2.74. The second kappa shape index (κ2) is 11.2. The van der Waals surface area contributed by atoms with Crippen LogP contribution >= 0.6 is 0 Å². The maximum Gasteiger partial charge on any atom is 0.261 e. The third-order valence-electron chi connectivity index (χ3n) is 6.69. The molecule has 0 aromatic heterocycles. The van der Waals surface area contributed by atoms with Gasteiger partial charge in [-0.25, -0.2) is 0 Å². The fourth-order valence-electron chi connectivity index (χ4n) is 4.94. The van der Waals surface area contributed by atoms with Gasteiger partial charge in [-0.15, -0.1) is 0 Å². The molecule has 1 heterocycles. The van der Waals surface area contributed by atoms with Crippen LogP contribution in [0.15, 0.2) is 91.0 Å².